The van der Waals surface area contributed by atoms with E-state index in [1.54, 1.807) is 36.0 Å². The lowest BCUT2D eigenvalue weighted by molar-refractivity contribution is 0.0526. The zero-order valence-electron chi connectivity index (χ0n) is 15.5. The van der Waals surface area contributed by atoms with E-state index in [1.807, 2.05) is 12.1 Å². The standard InChI is InChI=1S/C20H17FN6O2/c1-2-29-20(28)15-10-25-19(16-11-23-17-6-5-14(21)12-27(16)17)26-18(15)24-9-13-4-3-7-22-8-13/h3-8,10-12H,2,9H2,1H3,(H,24,25,26). The number of aromatic nitrogens is 5. The molecule has 146 valence electrons. The summed E-state index contributed by atoms with van der Waals surface area (Å²) in [4.78, 5) is 29.4. The van der Waals surface area contributed by atoms with E-state index in [0.717, 1.165) is 5.56 Å². The van der Waals surface area contributed by atoms with E-state index in [0.29, 0.717) is 29.5 Å². The van der Waals surface area contributed by atoms with Crippen molar-refractivity contribution in [1.82, 2.24) is 24.3 Å². The number of hydrogen-bond donors (Lipinski definition) is 1. The lowest BCUT2D eigenvalue weighted by atomic mass is 10.2. The van der Waals surface area contributed by atoms with Crippen LogP contribution >= 0.6 is 0 Å². The third-order valence-electron chi connectivity index (χ3n) is 4.17. The van der Waals surface area contributed by atoms with E-state index >= 15 is 0 Å². The Balaban J connectivity index is 1.73. The average Bonchev–Trinajstić information content (AvgIpc) is 3.16. The fraction of sp³-hybridized carbons (Fsp3) is 0.150. The monoisotopic (exact) mass is 392 g/mol. The van der Waals surface area contributed by atoms with Gasteiger partial charge in [0.15, 0.2) is 5.82 Å². The first-order valence-electron chi connectivity index (χ1n) is 8.95. The first kappa shape index (κ1) is 18.5. The van der Waals surface area contributed by atoms with E-state index in [9.17, 15) is 9.18 Å². The van der Waals surface area contributed by atoms with Gasteiger partial charge in [-0.25, -0.2) is 24.1 Å². The van der Waals surface area contributed by atoms with Crippen molar-refractivity contribution in [3.63, 3.8) is 0 Å². The maximum Gasteiger partial charge on any atom is 0.343 e. The number of anilines is 1. The molecule has 9 heteroatoms. The van der Waals surface area contributed by atoms with E-state index < -0.39 is 11.8 Å². The topological polar surface area (TPSA) is 94.3 Å². The highest BCUT2D eigenvalue weighted by atomic mass is 19.1. The summed E-state index contributed by atoms with van der Waals surface area (Å²) in [6, 6.07) is 6.62. The number of fused-ring (bicyclic) bond motifs is 1. The van der Waals surface area contributed by atoms with Gasteiger partial charge in [-0.15, -0.1) is 0 Å². The Kier molecular flexibility index (Phi) is 5.10. The molecule has 0 atom stereocenters. The molecule has 8 nitrogen and oxygen atoms in total. The maximum absolute atomic E-state index is 13.7. The normalized spacial score (nSPS) is 10.8. The van der Waals surface area contributed by atoms with Crippen molar-refractivity contribution in [3.8, 4) is 11.5 Å². The Morgan fingerprint density at radius 2 is 2.10 bits per heavy atom. The number of imidazole rings is 1. The van der Waals surface area contributed by atoms with Gasteiger partial charge in [0, 0.05) is 31.3 Å². The predicted molar refractivity (Wildman–Crippen MR) is 104 cm³/mol. The lowest BCUT2D eigenvalue weighted by Crippen LogP contribution is -2.13. The lowest BCUT2D eigenvalue weighted by Gasteiger charge is -2.11. The summed E-state index contributed by atoms with van der Waals surface area (Å²) in [6.07, 6.45) is 7.65. The molecule has 0 aliphatic rings. The second-order valence-corrected chi connectivity index (χ2v) is 6.11. The van der Waals surface area contributed by atoms with Crippen molar-refractivity contribution >= 4 is 17.4 Å². The maximum atomic E-state index is 13.7. The van der Waals surface area contributed by atoms with E-state index in [4.69, 9.17) is 4.74 Å². The van der Waals surface area contributed by atoms with Crippen LogP contribution in [0.4, 0.5) is 10.2 Å². The highest BCUT2D eigenvalue weighted by molar-refractivity contribution is 5.94. The van der Waals surface area contributed by atoms with Crippen LogP contribution in [0.3, 0.4) is 0 Å². The van der Waals surface area contributed by atoms with Crippen LogP contribution in [0.15, 0.2) is 55.2 Å². The van der Waals surface area contributed by atoms with Crippen LogP contribution in [-0.4, -0.2) is 36.9 Å². The molecule has 0 fully saturated rings. The van der Waals surface area contributed by atoms with Crippen molar-refractivity contribution in [1.29, 1.82) is 0 Å². The molecular weight excluding hydrogens is 375 g/mol. The molecule has 0 amide bonds. The van der Waals surface area contributed by atoms with Crippen LogP contribution in [0, 0.1) is 5.82 Å². The molecule has 0 aliphatic carbocycles. The number of rotatable bonds is 6. The molecule has 0 unspecified atom stereocenters. The molecular formula is C20H17FN6O2. The van der Waals surface area contributed by atoms with Crippen LogP contribution in [-0.2, 0) is 11.3 Å². The average molecular weight is 392 g/mol. The molecule has 4 aromatic rings. The zero-order valence-corrected chi connectivity index (χ0v) is 15.5. The van der Waals surface area contributed by atoms with Gasteiger partial charge in [-0.3, -0.25) is 9.38 Å². The van der Waals surface area contributed by atoms with Crippen LogP contribution in [0.1, 0.15) is 22.8 Å². The second kappa shape index (κ2) is 8.01. The summed E-state index contributed by atoms with van der Waals surface area (Å²) in [5.41, 5.74) is 2.18. The molecule has 0 aliphatic heterocycles. The molecule has 0 saturated carbocycles. The van der Waals surface area contributed by atoms with Gasteiger partial charge in [-0.1, -0.05) is 6.07 Å². The van der Waals surface area contributed by atoms with Gasteiger partial charge < -0.3 is 10.1 Å². The Bertz CT molecular complexity index is 1160. The summed E-state index contributed by atoms with van der Waals surface area (Å²) in [5.74, 6) is -0.333. The van der Waals surface area contributed by atoms with Crippen LogP contribution in [0.2, 0.25) is 0 Å². The molecule has 4 heterocycles. The molecule has 4 rings (SSSR count). The third kappa shape index (κ3) is 3.88. The van der Waals surface area contributed by atoms with Crippen LogP contribution < -0.4 is 5.32 Å². The molecule has 0 saturated heterocycles. The smallest absolute Gasteiger partial charge is 0.343 e. The minimum Gasteiger partial charge on any atom is -0.462 e. The molecule has 0 radical (unpaired) electrons. The zero-order chi connectivity index (χ0) is 20.2. The molecule has 1 N–H and O–H groups in total. The molecule has 4 aromatic heterocycles. The van der Waals surface area contributed by atoms with Crippen LogP contribution in [0.25, 0.3) is 17.2 Å². The Hall–Kier alpha value is -3.88. The Morgan fingerprint density at radius 1 is 1.21 bits per heavy atom. The number of pyridine rings is 2. The van der Waals surface area contributed by atoms with Gasteiger partial charge in [0.05, 0.1) is 12.8 Å². The number of ether oxygens (including phenoxy) is 1. The third-order valence-corrected chi connectivity index (χ3v) is 4.17. The van der Waals surface area contributed by atoms with Crippen molar-refractivity contribution < 1.29 is 13.9 Å². The largest absolute Gasteiger partial charge is 0.462 e. The number of carbonyl (C=O) groups is 1. The van der Waals surface area contributed by atoms with Gasteiger partial charge in [-0.05, 0) is 30.7 Å². The molecule has 29 heavy (non-hydrogen) atoms. The number of hydrogen-bond acceptors (Lipinski definition) is 7. The van der Waals surface area contributed by atoms with E-state index in [-0.39, 0.29) is 12.2 Å². The van der Waals surface area contributed by atoms with Crippen molar-refractivity contribution in [2.45, 2.75) is 13.5 Å². The summed E-state index contributed by atoms with van der Waals surface area (Å²) in [7, 11) is 0. The summed E-state index contributed by atoms with van der Waals surface area (Å²) in [5, 5.41) is 3.13. The minimum atomic E-state index is -0.531. The fourth-order valence-corrected chi connectivity index (χ4v) is 2.81. The number of carbonyl (C=O) groups excluding carboxylic acids is 1. The fourth-order valence-electron chi connectivity index (χ4n) is 2.81. The van der Waals surface area contributed by atoms with Crippen molar-refractivity contribution in [3.05, 3.63) is 72.2 Å². The number of esters is 1. The van der Waals surface area contributed by atoms with Gasteiger partial charge in [0.25, 0.3) is 0 Å². The SMILES string of the molecule is CCOC(=O)c1cnc(-c2cnc3ccc(F)cn23)nc1NCc1cccnc1. The highest BCUT2D eigenvalue weighted by Crippen LogP contribution is 2.22. The number of halogens is 1. The van der Waals surface area contributed by atoms with Gasteiger partial charge in [-0.2, -0.15) is 0 Å². The molecule has 0 bridgehead atoms. The van der Waals surface area contributed by atoms with E-state index in [1.165, 1.54) is 18.5 Å². The Morgan fingerprint density at radius 3 is 2.90 bits per heavy atom. The molecule has 0 aromatic carbocycles. The first-order valence-corrected chi connectivity index (χ1v) is 8.95. The Labute approximate surface area is 165 Å². The number of nitrogens with zero attached hydrogens (tertiary/aromatic N) is 5. The predicted octanol–water partition coefficient (Wildman–Crippen LogP) is 3.11. The summed E-state index contributed by atoms with van der Waals surface area (Å²) in [6.45, 7) is 2.36. The van der Waals surface area contributed by atoms with Crippen LogP contribution in [0.5, 0.6) is 0 Å². The highest BCUT2D eigenvalue weighted by Gasteiger charge is 2.18. The molecule has 0 spiro atoms. The summed E-state index contributed by atoms with van der Waals surface area (Å²) < 4.78 is 20.3. The quantitative estimate of drug-likeness (QED) is 0.504. The second-order valence-electron chi connectivity index (χ2n) is 6.11. The van der Waals surface area contributed by atoms with E-state index in [2.05, 4.69) is 25.3 Å². The van der Waals surface area contributed by atoms with Crippen molar-refractivity contribution in [2.75, 3.05) is 11.9 Å². The summed E-state index contributed by atoms with van der Waals surface area (Å²) >= 11 is 0. The van der Waals surface area contributed by atoms with Gasteiger partial charge >= 0.3 is 5.97 Å². The van der Waals surface area contributed by atoms with Gasteiger partial charge in [0.1, 0.15) is 28.5 Å². The van der Waals surface area contributed by atoms with Gasteiger partial charge in [0.2, 0.25) is 0 Å². The minimum absolute atomic E-state index is 0.208. The van der Waals surface area contributed by atoms with Crippen molar-refractivity contribution in [2.24, 2.45) is 0 Å². The number of nitrogens with one attached hydrogen (secondary N) is 1. The first-order chi connectivity index (χ1) is 14.2.